The normalized spacial score (nSPS) is 11.8. The summed E-state index contributed by atoms with van der Waals surface area (Å²) in [6.07, 6.45) is 1.70. The highest BCUT2D eigenvalue weighted by molar-refractivity contribution is 5.84. The predicted octanol–water partition coefficient (Wildman–Crippen LogP) is 1.89. The summed E-state index contributed by atoms with van der Waals surface area (Å²) in [6.45, 7) is 3.72. The van der Waals surface area contributed by atoms with E-state index in [0.717, 1.165) is 11.3 Å². The number of ether oxygens (including phenoxy) is 2. The maximum Gasteiger partial charge on any atom is 0.131 e. The van der Waals surface area contributed by atoms with Gasteiger partial charge in [-0.1, -0.05) is 0 Å². The third-order valence-electron chi connectivity index (χ3n) is 2.38. The zero-order valence-electron chi connectivity index (χ0n) is 10.7. The fourth-order valence-electron chi connectivity index (χ4n) is 1.21. The summed E-state index contributed by atoms with van der Waals surface area (Å²) in [5.74, 6) is 1.43. The first-order chi connectivity index (χ1) is 8.02. The lowest BCUT2D eigenvalue weighted by atomic mass is 10.1. The predicted molar refractivity (Wildman–Crippen MR) is 68.3 cm³/mol. The number of benzene rings is 1. The third kappa shape index (κ3) is 3.75. The topological polar surface area (TPSA) is 51.0 Å². The fraction of sp³-hybridized carbons (Fsp3) is 0.462. The molecule has 0 fully saturated rings. The Morgan fingerprint density at radius 1 is 1.29 bits per heavy atom. The highest BCUT2D eigenvalue weighted by Gasteiger charge is 2.13. The molecule has 0 aliphatic carbocycles. The molecular formula is C13H19NO3. The Morgan fingerprint density at radius 3 is 2.53 bits per heavy atom. The Morgan fingerprint density at radius 2 is 2.00 bits per heavy atom. The molecule has 94 valence electrons. The van der Waals surface area contributed by atoms with E-state index in [0.29, 0.717) is 5.75 Å². The molecule has 1 aromatic carbocycles. The van der Waals surface area contributed by atoms with Crippen LogP contribution in [-0.4, -0.2) is 37.7 Å². The number of methoxy groups -OCH3 is 2. The number of aliphatic hydroxyl groups excluding tert-OH is 1. The first kappa shape index (κ1) is 13.5. The van der Waals surface area contributed by atoms with E-state index in [1.807, 2.05) is 26.0 Å². The lowest BCUT2D eigenvalue weighted by Gasteiger charge is -2.15. The molecular weight excluding hydrogens is 218 g/mol. The van der Waals surface area contributed by atoms with Gasteiger partial charge in [0.15, 0.2) is 0 Å². The van der Waals surface area contributed by atoms with Gasteiger partial charge in [0.2, 0.25) is 0 Å². The quantitative estimate of drug-likeness (QED) is 0.796. The molecule has 0 bridgehead atoms. The van der Waals surface area contributed by atoms with Crippen molar-refractivity contribution in [3.8, 4) is 11.5 Å². The van der Waals surface area contributed by atoms with Gasteiger partial charge in [0.25, 0.3) is 0 Å². The minimum Gasteiger partial charge on any atom is -0.497 e. The van der Waals surface area contributed by atoms with Gasteiger partial charge in [-0.3, -0.25) is 4.99 Å². The molecule has 0 spiro atoms. The second-order valence-electron chi connectivity index (χ2n) is 4.34. The van der Waals surface area contributed by atoms with Crippen LogP contribution in [0, 0.1) is 0 Å². The van der Waals surface area contributed by atoms with E-state index < -0.39 is 5.54 Å². The second kappa shape index (κ2) is 5.68. The highest BCUT2D eigenvalue weighted by atomic mass is 16.5. The monoisotopic (exact) mass is 237 g/mol. The Kier molecular flexibility index (Phi) is 4.52. The van der Waals surface area contributed by atoms with Gasteiger partial charge in [0.05, 0.1) is 26.4 Å². The lowest BCUT2D eigenvalue weighted by Crippen LogP contribution is -2.22. The molecule has 1 rings (SSSR count). The van der Waals surface area contributed by atoms with Crippen LogP contribution in [0.4, 0.5) is 0 Å². The Balaban J connectivity index is 2.98. The zero-order chi connectivity index (χ0) is 12.9. The molecule has 0 atom stereocenters. The van der Waals surface area contributed by atoms with Crippen LogP contribution in [0.1, 0.15) is 19.4 Å². The van der Waals surface area contributed by atoms with Crippen molar-refractivity contribution in [2.24, 2.45) is 4.99 Å². The van der Waals surface area contributed by atoms with Gasteiger partial charge in [-0.25, -0.2) is 0 Å². The smallest absolute Gasteiger partial charge is 0.131 e. The minimum atomic E-state index is -0.481. The molecule has 4 nitrogen and oxygen atoms in total. The SMILES string of the molecule is COc1ccc(C=NC(C)(C)CO)c(OC)c1. The van der Waals surface area contributed by atoms with E-state index in [4.69, 9.17) is 14.6 Å². The van der Waals surface area contributed by atoms with Crippen LogP contribution in [0.15, 0.2) is 23.2 Å². The maximum absolute atomic E-state index is 9.12. The molecule has 1 aromatic rings. The molecule has 0 heterocycles. The standard InChI is InChI=1S/C13H19NO3/c1-13(2,9-15)14-8-10-5-6-11(16-3)7-12(10)17-4/h5-8,15H,9H2,1-4H3. The highest BCUT2D eigenvalue weighted by Crippen LogP contribution is 2.23. The molecule has 0 aromatic heterocycles. The van der Waals surface area contributed by atoms with Crippen molar-refractivity contribution in [3.63, 3.8) is 0 Å². The Bertz CT molecular complexity index is 400. The molecule has 0 aliphatic rings. The van der Waals surface area contributed by atoms with Gasteiger partial charge in [-0.15, -0.1) is 0 Å². The van der Waals surface area contributed by atoms with E-state index in [9.17, 15) is 0 Å². The number of nitrogens with zero attached hydrogens (tertiary/aromatic N) is 1. The summed E-state index contributed by atoms with van der Waals surface area (Å²) < 4.78 is 10.4. The number of hydrogen-bond acceptors (Lipinski definition) is 4. The second-order valence-corrected chi connectivity index (χ2v) is 4.34. The van der Waals surface area contributed by atoms with Crippen molar-refractivity contribution in [1.82, 2.24) is 0 Å². The van der Waals surface area contributed by atoms with Crippen LogP contribution < -0.4 is 9.47 Å². The van der Waals surface area contributed by atoms with Gasteiger partial charge in [0, 0.05) is 17.8 Å². The van der Waals surface area contributed by atoms with E-state index in [2.05, 4.69) is 4.99 Å². The van der Waals surface area contributed by atoms with Crippen molar-refractivity contribution in [2.75, 3.05) is 20.8 Å². The van der Waals surface area contributed by atoms with Gasteiger partial charge < -0.3 is 14.6 Å². The van der Waals surface area contributed by atoms with Crippen molar-refractivity contribution in [1.29, 1.82) is 0 Å². The number of hydrogen-bond donors (Lipinski definition) is 1. The van der Waals surface area contributed by atoms with E-state index in [1.165, 1.54) is 0 Å². The first-order valence-electron chi connectivity index (χ1n) is 5.40. The molecule has 0 aliphatic heterocycles. The molecule has 0 saturated heterocycles. The molecule has 1 N–H and O–H groups in total. The number of aliphatic hydroxyl groups is 1. The largest absolute Gasteiger partial charge is 0.497 e. The van der Waals surface area contributed by atoms with Crippen molar-refractivity contribution in [2.45, 2.75) is 19.4 Å². The van der Waals surface area contributed by atoms with Gasteiger partial charge in [0.1, 0.15) is 11.5 Å². The fourth-order valence-corrected chi connectivity index (χ4v) is 1.21. The van der Waals surface area contributed by atoms with Crippen molar-refractivity contribution >= 4 is 6.21 Å². The van der Waals surface area contributed by atoms with Crippen LogP contribution in [-0.2, 0) is 0 Å². The number of aliphatic imine (C=N–C) groups is 1. The van der Waals surface area contributed by atoms with E-state index >= 15 is 0 Å². The minimum absolute atomic E-state index is 0.00195. The molecule has 4 heteroatoms. The van der Waals surface area contributed by atoms with Gasteiger partial charge >= 0.3 is 0 Å². The molecule has 0 radical (unpaired) electrons. The van der Waals surface area contributed by atoms with Crippen molar-refractivity contribution < 1.29 is 14.6 Å². The Labute approximate surface area is 102 Å². The molecule has 0 saturated carbocycles. The first-order valence-corrected chi connectivity index (χ1v) is 5.40. The number of rotatable bonds is 5. The summed E-state index contributed by atoms with van der Waals surface area (Å²) in [6, 6.07) is 5.51. The van der Waals surface area contributed by atoms with E-state index in [-0.39, 0.29) is 6.61 Å². The summed E-state index contributed by atoms with van der Waals surface area (Å²) in [7, 11) is 3.21. The summed E-state index contributed by atoms with van der Waals surface area (Å²) in [5.41, 5.74) is 0.375. The molecule has 0 unspecified atom stereocenters. The zero-order valence-corrected chi connectivity index (χ0v) is 10.7. The van der Waals surface area contributed by atoms with Crippen LogP contribution in [0.3, 0.4) is 0 Å². The van der Waals surface area contributed by atoms with Gasteiger partial charge in [-0.2, -0.15) is 0 Å². The average molecular weight is 237 g/mol. The van der Waals surface area contributed by atoms with Gasteiger partial charge in [-0.05, 0) is 26.0 Å². The van der Waals surface area contributed by atoms with Crippen LogP contribution >= 0.6 is 0 Å². The summed E-state index contributed by atoms with van der Waals surface area (Å²) in [5, 5.41) is 9.12. The van der Waals surface area contributed by atoms with Crippen LogP contribution in [0.25, 0.3) is 0 Å². The maximum atomic E-state index is 9.12. The summed E-state index contributed by atoms with van der Waals surface area (Å²) >= 11 is 0. The van der Waals surface area contributed by atoms with Crippen LogP contribution in [0.5, 0.6) is 11.5 Å². The summed E-state index contributed by atoms with van der Waals surface area (Å²) in [4.78, 5) is 4.31. The lowest BCUT2D eigenvalue weighted by molar-refractivity contribution is 0.223. The Hall–Kier alpha value is -1.55. The van der Waals surface area contributed by atoms with Crippen molar-refractivity contribution in [3.05, 3.63) is 23.8 Å². The third-order valence-corrected chi connectivity index (χ3v) is 2.38. The average Bonchev–Trinajstić information content (AvgIpc) is 2.36. The molecule has 0 amide bonds. The molecule has 17 heavy (non-hydrogen) atoms. The van der Waals surface area contributed by atoms with E-state index in [1.54, 1.807) is 26.5 Å². The van der Waals surface area contributed by atoms with Crippen LogP contribution in [0.2, 0.25) is 0 Å².